The van der Waals surface area contributed by atoms with Gasteiger partial charge in [0.1, 0.15) is 0 Å². The van der Waals surface area contributed by atoms with Gasteiger partial charge in [-0.1, -0.05) is 30.3 Å². The lowest BCUT2D eigenvalue weighted by Gasteiger charge is -2.32. The molecule has 3 rings (SSSR count). The van der Waals surface area contributed by atoms with E-state index in [-0.39, 0.29) is 18.3 Å². The molecule has 2 aliphatic rings. The maximum atomic E-state index is 6.17. The summed E-state index contributed by atoms with van der Waals surface area (Å²) in [6.45, 7) is 8.44. The van der Waals surface area contributed by atoms with Crippen LogP contribution in [0, 0.1) is 0 Å². The second-order valence-corrected chi connectivity index (χ2v) is 6.84. The molecule has 106 valence electrons. The molecule has 0 spiro atoms. The summed E-state index contributed by atoms with van der Waals surface area (Å²) in [5, 5.41) is 0. The third kappa shape index (κ3) is 2.34. The maximum Gasteiger partial charge on any atom is 0.490 e. The molecule has 1 fully saturated rings. The number of aryl methyl sites for hydroxylation is 1. The first-order valence-corrected chi connectivity index (χ1v) is 7.50. The first kappa shape index (κ1) is 13.9. The van der Waals surface area contributed by atoms with E-state index >= 15 is 0 Å². The normalized spacial score (nSPS) is 24.0. The van der Waals surface area contributed by atoms with Crippen molar-refractivity contribution in [1.29, 1.82) is 0 Å². The van der Waals surface area contributed by atoms with E-state index in [0.29, 0.717) is 0 Å². The highest BCUT2D eigenvalue weighted by Gasteiger charge is 2.52. The van der Waals surface area contributed by atoms with E-state index in [0.717, 1.165) is 19.3 Å². The van der Waals surface area contributed by atoms with E-state index in [2.05, 4.69) is 58.0 Å². The smallest absolute Gasteiger partial charge is 0.400 e. The van der Waals surface area contributed by atoms with Crippen LogP contribution in [0.25, 0.3) is 0 Å². The molecule has 20 heavy (non-hydrogen) atoms. The van der Waals surface area contributed by atoms with Crippen molar-refractivity contribution in [3.05, 3.63) is 46.9 Å². The predicted molar refractivity (Wildman–Crippen MR) is 82.6 cm³/mol. The van der Waals surface area contributed by atoms with Gasteiger partial charge >= 0.3 is 7.12 Å². The van der Waals surface area contributed by atoms with Gasteiger partial charge in [-0.25, -0.2) is 0 Å². The Kier molecular flexibility index (Phi) is 3.30. The SMILES string of the molecule is CC1(C)OB(C2=CCc3ccccc3CC2)OC1(C)C. The van der Waals surface area contributed by atoms with Gasteiger partial charge in [-0.3, -0.25) is 0 Å². The van der Waals surface area contributed by atoms with E-state index in [1.54, 1.807) is 0 Å². The van der Waals surface area contributed by atoms with Crippen molar-refractivity contribution in [2.24, 2.45) is 0 Å². The molecule has 3 heteroatoms. The zero-order valence-electron chi connectivity index (χ0n) is 12.9. The largest absolute Gasteiger partial charge is 0.490 e. The van der Waals surface area contributed by atoms with Crippen LogP contribution in [0.5, 0.6) is 0 Å². The Morgan fingerprint density at radius 3 is 2.15 bits per heavy atom. The van der Waals surface area contributed by atoms with Crippen LogP contribution >= 0.6 is 0 Å². The van der Waals surface area contributed by atoms with Gasteiger partial charge in [0.2, 0.25) is 0 Å². The highest BCUT2D eigenvalue weighted by atomic mass is 16.7. The lowest BCUT2D eigenvalue weighted by atomic mass is 9.75. The summed E-state index contributed by atoms with van der Waals surface area (Å²) < 4.78 is 12.3. The lowest BCUT2D eigenvalue weighted by molar-refractivity contribution is 0.00578. The van der Waals surface area contributed by atoms with Gasteiger partial charge in [-0.15, -0.1) is 0 Å². The van der Waals surface area contributed by atoms with E-state index < -0.39 is 0 Å². The fourth-order valence-corrected chi connectivity index (χ4v) is 2.83. The first-order chi connectivity index (χ1) is 9.39. The van der Waals surface area contributed by atoms with E-state index in [1.807, 2.05) is 0 Å². The zero-order valence-corrected chi connectivity index (χ0v) is 12.9. The summed E-state index contributed by atoms with van der Waals surface area (Å²) in [7, 11) is -0.186. The summed E-state index contributed by atoms with van der Waals surface area (Å²) in [5.74, 6) is 0. The minimum atomic E-state index is -0.252. The Bertz CT molecular complexity index is 530. The quantitative estimate of drug-likeness (QED) is 0.724. The highest BCUT2D eigenvalue weighted by Crippen LogP contribution is 2.39. The molecule has 1 aliphatic heterocycles. The molecule has 0 unspecified atom stereocenters. The average Bonchev–Trinajstić information content (AvgIpc) is 2.56. The topological polar surface area (TPSA) is 18.5 Å². The van der Waals surface area contributed by atoms with Crippen LogP contribution < -0.4 is 0 Å². The van der Waals surface area contributed by atoms with Gasteiger partial charge in [-0.2, -0.15) is 0 Å². The van der Waals surface area contributed by atoms with Crippen molar-refractivity contribution in [1.82, 2.24) is 0 Å². The minimum Gasteiger partial charge on any atom is -0.400 e. The molecule has 1 heterocycles. The average molecular weight is 270 g/mol. The number of hydrogen-bond acceptors (Lipinski definition) is 2. The third-order valence-corrected chi connectivity index (χ3v) is 4.94. The number of hydrogen-bond donors (Lipinski definition) is 0. The molecular formula is C17H23BO2. The first-order valence-electron chi connectivity index (χ1n) is 7.50. The van der Waals surface area contributed by atoms with E-state index in [9.17, 15) is 0 Å². The molecule has 1 aromatic carbocycles. The Balaban J connectivity index is 1.80. The lowest BCUT2D eigenvalue weighted by Crippen LogP contribution is -2.41. The summed E-state index contributed by atoms with van der Waals surface area (Å²) >= 11 is 0. The molecule has 0 N–H and O–H groups in total. The zero-order chi connectivity index (χ0) is 14.4. The molecule has 0 aromatic heterocycles. The van der Waals surface area contributed by atoms with Gasteiger partial charge in [-0.05, 0) is 63.6 Å². The minimum absolute atomic E-state index is 0.186. The monoisotopic (exact) mass is 270 g/mol. The van der Waals surface area contributed by atoms with Crippen LogP contribution in [-0.2, 0) is 22.2 Å². The molecule has 1 aromatic rings. The van der Waals surface area contributed by atoms with Crippen LogP contribution in [0.15, 0.2) is 35.8 Å². The fourth-order valence-electron chi connectivity index (χ4n) is 2.83. The van der Waals surface area contributed by atoms with E-state index in [1.165, 1.54) is 16.6 Å². The number of rotatable bonds is 1. The number of allylic oxidation sites excluding steroid dienone is 2. The third-order valence-electron chi connectivity index (χ3n) is 4.94. The maximum absolute atomic E-state index is 6.17. The van der Waals surface area contributed by atoms with E-state index in [4.69, 9.17) is 9.31 Å². The molecule has 0 bridgehead atoms. The van der Waals surface area contributed by atoms with Crippen molar-refractivity contribution < 1.29 is 9.31 Å². The van der Waals surface area contributed by atoms with Crippen LogP contribution in [0.2, 0.25) is 0 Å². The molecule has 0 saturated carbocycles. The molecule has 1 aliphatic carbocycles. The van der Waals surface area contributed by atoms with Crippen molar-refractivity contribution in [3.63, 3.8) is 0 Å². The van der Waals surface area contributed by atoms with Gasteiger partial charge in [0.15, 0.2) is 0 Å². The van der Waals surface area contributed by atoms with Gasteiger partial charge in [0, 0.05) is 0 Å². The van der Waals surface area contributed by atoms with Crippen molar-refractivity contribution in [2.45, 2.75) is 58.2 Å². The molecule has 0 amide bonds. The number of benzene rings is 1. The molecule has 0 atom stereocenters. The van der Waals surface area contributed by atoms with Crippen molar-refractivity contribution in [2.75, 3.05) is 0 Å². The Morgan fingerprint density at radius 2 is 1.50 bits per heavy atom. The Morgan fingerprint density at radius 1 is 0.900 bits per heavy atom. The summed E-state index contributed by atoms with van der Waals surface area (Å²) in [6.07, 6.45) is 5.38. The molecule has 2 nitrogen and oxygen atoms in total. The van der Waals surface area contributed by atoms with Crippen LogP contribution in [0.4, 0.5) is 0 Å². The van der Waals surface area contributed by atoms with Crippen LogP contribution in [0.1, 0.15) is 45.2 Å². The summed E-state index contributed by atoms with van der Waals surface area (Å²) in [5.41, 5.74) is 3.67. The second kappa shape index (κ2) is 4.75. The Hall–Kier alpha value is -1.06. The highest BCUT2D eigenvalue weighted by molar-refractivity contribution is 6.54. The fraction of sp³-hybridized carbons (Fsp3) is 0.529. The summed E-state index contributed by atoms with van der Waals surface area (Å²) in [6, 6.07) is 8.69. The van der Waals surface area contributed by atoms with Crippen molar-refractivity contribution >= 4 is 7.12 Å². The predicted octanol–water partition coefficient (Wildman–Crippen LogP) is 3.73. The van der Waals surface area contributed by atoms with Crippen molar-refractivity contribution in [3.8, 4) is 0 Å². The molecule has 0 radical (unpaired) electrons. The standard InChI is InChI=1S/C17H23BO2/c1-16(2)17(3,4)20-18(19-16)15-11-9-13-7-5-6-8-14(13)10-12-15/h5-8,11H,9-10,12H2,1-4H3. The number of fused-ring (bicyclic) bond motifs is 1. The Labute approximate surface area is 122 Å². The molecular weight excluding hydrogens is 247 g/mol. The van der Waals surface area contributed by atoms with Crippen LogP contribution in [-0.4, -0.2) is 18.3 Å². The van der Waals surface area contributed by atoms with Gasteiger partial charge in [0.25, 0.3) is 0 Å². The summed E-state index contributed by atoms with van der Waals surface area (Å²) in [4.78, 5) is 0. The van der Waals surface area contributed by atoms with Crippen LogP contribution in [0.3, 0.4) is 0 Å². The van der Waals surface area contributed by atoms with Gasteiger partial charge < -0.3 is 9.31 Å². The molecule has 1 saturated heterocycles. The second-order valence-electron chi connectivity index (χ2n) is 6.84. The van der Waals surface area contributed by atoms with Gasteiger partial charge in [0.05, 0.1) is 11.2 Å².